The van der Waals surface area contributed by atoms with Crippen molar-refractivity contribution in [2.45, 2.75) is 20.4 Å². The Bertz CT molecular complexity index is 319. The van der Waals surface area contributed by atoms with E-state index in [1.807, 2.05) is 13.8 Å². The van der Waals surface area contributed by atoms with E-state index in [1.54, 1.807) is 18.1 Å². The lowest BCUT2D eigenvalue weighted by atomic mass is 9.88. The van der Waals surface area contributed by atoms with Gasteiger partial charge in [-0.05, 0) is 0 Å². The van der Waals surface area contributed by atoms with E-state index in [9.17, 15) is 0 Å². The van der Waals surface area contributed by atoms with Crippen molar-refractivity contribution in [2.24, 2.45) is 10.6 Å². The van der Waals surface area contributed by atoms with Crippen LogP contribution in [0.25, 0.3) is 0 Å². The number of oxime groups is 1. The summed E-state index contributed by atoms with van der Waals surface area (Å²) in [6.45, 7) is 4.79. The molecular weight excluding hydrogens is 196 g/mol. The molecule has 0 spiro atoms. The van der Waals surface area contributed by atoms with E-state index in [-0.39, 0.29) is 5.41 Å². The molecule has 1 rings (SSSR count). The molecule has 0 bridgehead atoms. The van der Waals surface area contributed by atoms with Crippen molar-refractivity contribution in [2.75, 3.05) is 13.7 Å². The summed E-state index contributed by atoms with van der Waals surface area (Å²) in [6, 6.07) is 0. The second-order valence-electron chi connectivity index (χ2n) is 3.96. The van der Waals surface area contributed by atoms with E-state index < -0.39 is 0 Å². The van der Waals surface area contributed by atoms with E-state index in [1.165, 1.54) is 6.33 Å². The van der Waals surface area contributed by atoms with E-state index in [0.717, 1.165) is 0 Å². The zero-order chi connectivity index (χ0) is 11.3. The first-order valence-electron chi connectivity index (χ1n) is 4.63. The number of hydrogen-bond donors (Lipinski definition) is 1. The maximum atomic E-state index is 8.96. The molecule has 1 heterocycles. The van der Waals surface area contributed by atoms with Gasteiger partial charge in [0.25, 0.3) is 0 Å². The Balaban J connectivity index is 2.72. The van der Waals surface area contributed by atoms with Gasteiger partial charge in [0.15, 0.2) is 0 Å². The van der Waals surface area contributed by atoms with Crippen LogP contribution < -0.4 is 0 Å². The maximum absolute atomic E-state index is 8.96. The lowest BCUT2D eigenvalue weighted by molar-refractivity contribution is 0.138. The van der Waals surface area contributed by atoms with E-state index in [2.05, 4.69) is 15.2 Å². The molecule has 0 radical (unpaired) electrons. The molecular formula is C9H16N4O2. The zero-order valence-corrected chi connectivity index (χ0v) is 9.21. The van der Waals surface area contributed by atoms with E-state index in [4.69, 9.17) is 9.94 Å². The van der Waals surface area contributed by atoms with Gasteiger partial charge < -0.3 is 9.94 Å². The van der Waals surface area contributed by atoms with Gasteiger partial charge >= 0.3 is 0 Å². The molecule has 0 amide bonds. The van der Waals surface area contributed by atoms with Crippen LogP contribution in [0.15, 0.2) is 17.8 Å². The van der Waals surface area contributed by atoms with Gasteiger partial charge in [0.2, 0.25) is 0 Å². The fraction of sp³-hybridized carbons (Fsp3) is 0.667. The molecule has 0 saturated carbocycles. The van der Waals surface area contributed by atoms with Crippen LogP contribution in [0, 0.1) is 5.41 Å². The molecule has 15 heavy (non-hydrogen) atoms. The van der Waals surface area contributed by atoms with E-state index >= 15 is 0 Å². The van der Waals surface area contributed by atoms with Crippen LogP contribution in [-0.2, 0) is 11.3 Å². The normalized spacial score (nSPS) is 13.1. The van der Waals surface area contributed by atoms with Crippen molar-refractivity contribution in [3.8, 4) is 0 Å². The summed E-state index contributed by atoms with van der Waals surface area (Å²) in [5.74, 6) is 0. The third-order valence-electron chi connectivity index (χ3n) is 2.19. The standard InChI is InChI=1S/C9H16N4O2/c1-9(2,5-15-3)8(12-14)4-13-7-10-6-11-13/h6-7,14H,4-5H2,1-3H3. The number of ether oxygens (including phenoxy) is 1. The average Bonchev–Trinajstić information content (AvgIpc) is 2.66. The van der Waals surface area contributed by atoms with Crippen LogP contribution in [0.2, 0.25) is 0 Å². The van der Waals surface area contributed by atoms with Gasteiger partial charge in [-0.2, -0.15) is 5.10 Å². The molecule has 84 valence electrons. The van der Waals surface area contributed by atoms with Crippen LogP contribution in [-0.4, -0.2) is 39.4 Å². The molecule has 6 nitrogen and oxygen atoms in total. The minimum absolute atomic E-state index is 0.324. The maximum Gasteiger partial charge on any atom is 0.137 e. The number of hydrogen-bond acceptors (Lipinski definition) is 5. The van der Waals surface area contributed by atoms with Gasteiger partial charge in [0.1, 0.15) is 12.7 Å². The first-order valence-corrected chi connectivity index (χ1v) is 4.63. The largest absolute Gasteiger partial charge is 0.411 e. The third kappa shape index (κ3) is 3.02. The van der Waals surface area contributed by atoms with Gasteiger partial charge in [0.05, 0.1) is 18.9 Å². The monoisotopic (exact) mass is 212 g/mol. The second kappa shape index (κ2) is 4.88. The van der Waals surface area contributed by atoms with Gasteiger partial charge in [-0.25, -0.2) is 9.67 Å². The van der Waals surface area contributed by atoms with Crippen molar-refractivity contribution in [3.63, 3.8) is 0 Å². The lowest BCUT2D eigenvalue weighted by Gasteiger charge is -2.24. The van der Waals surface area contributed by atoms with Gasteiger partial charge in [-0.1, -0.05) is 19.0 Å². The number of nitrogens with zero attached hydrogens (tertiary/aromatic N) is 4. The summed E-state index contributed by atoms with van der Waals surface area (Å²) in [4.78, 5) is 3.82. The Morgan fingerprint density at radius 3 is 2.80 bits per heavy atom. The van der Waals surface area contributed by atoms with Crippen LogP contribution in [0.5, 0.6) is 0 Å². The highest BCUT2D eigenvalue weighted by molar-refractivity contribution is 5.89. The number of rotatable bonds is 5. The quantitative estimate of drug-likeness (QED) is 0.444. The Morgan fingerprint density at radius 1 is 1.60 bits per heavy atom. The Labute approximate surface area is 88.6 Å². The molecule has 0 aliphatic rings. The topological polar surface area (TPSA) is 72.5 Å². The molecule has 0 unspecified atom stereocenters. The van der Waals surface area contributed by atoms with Crippen LogP contribution >= 0.6 is 0 Å². The third-order valence-corrected chi connectivity index (χ3v) is 2.19. The minimum atomic E-state index is -0.324. The predicted octanol–water partition coefficient (Wildman–Crippen LogP) is 0.781. The molecule has 0 atom stereocenters. The summed E-state index contributed by atoms with van der Waals surface area (Å²) < 4.78 is 6.68. The van der Waals surface area contributed by atoms with Crippen LogP contribution in [0.4, 0.5) is 0 Å². The van der Waals surface area contributed by atoms with Crippen molar-refractivity contribution in [1.82, 2.24) is 14.8 Å². The molecule has 0 aromatic carbocycles. The molecule has 6 heteroatoms. The lowest BCUT2D eigenvalue weighted by Crippen LogP contribution is -2.32. The highest BCUT2D eigenvalue weighted by Crippen LogP contribution is 2.18. The first-order chi connectivity index (χ1) is 7.10. The van der Waals surface area contributed by atoms with Crippen LogP contribution in [0.3, 0.4) is 0 Å². The Morgan fingerprint density at radius 2 is 2.33 bits per heavy atom. The highest BCUT2D eigenvalue weighted by atomic mass is 16.5. The summed E-state index contributed by atoms with van der Waals surface area (Å²) in [7, 11) is 1.62. The molecule has 1 aromatic rings. The molecule has 0 fully saturated rings. The van der Waals surface area contributed by atoms with Crippen molar-refractivity contribution in [3.05, 3.63) is 12.7 Å². The second-order valence-corrected chi connectivity index (χ2v) is 3.96. The van der Waals surface area contributed by atoms with Crippen molar-refractivity contribution >= 4 is 5.71 Å². The predicted molar refractivity (Wildman–Crippen MR) is 54.9 cm³/mol. The van der Waals surface area contributed by atoms with Crippen molar-refractivity contribution < 1.29 is 9.94 Å². The summed E-state index contributed by atoms with van der Waals surface area (Å²) in [5, 5.41) is 16.2. The Hall–Kier alpha value is -1.43. The van der Waals surface area contributed by atoms with Crippen LogP contribution in [0.1, 0.15) is 13.8 Å². The Kier molecular flexibility index (Phi) is 3.79. The smallest absolute Gasteiger partial charge is 0.137 e. The summed E-state index contributed by atoms with van der Waals surface area (Å²) in [5.41, 5.74) is 0.282. The fourth-order valence-electron chi connectivity index (χ4n) is 1.29. The first kappa shape index (κ1) is 11.6. The molecule has 0 aliphatic carbocycles. The van der Waals surface area contributed by atoms with Gasteiger partial charge in [0, 0.05) is 12.5 Å². The van der Waals surface area contributed by atoms with Crippen molar-refractivity contribution in [1.29, 1.82) is 0 Å². The summed E-state index contributed by atoms with van der Waals surface area (Å²) >= 11 is 0. The zero-order valence-electron chi connectivity index (χ0n) is 9.21. The minimum Gasteiger partial charge on any atom is -0.411 e. The number of aromatic nitrogens is 3. The van der Waals surface area contributed by atoms with E-state index in [0.29, 0.717) is 18.9 Å². The molecule has 1 N–H and O–H groups in total. The molecule has 0 saturated heterocycles. The van der Waals surface area contributed by atoms with Gasteiger partial charge in [-0.3, -0.25) is 0 Å². The van der Waals surface area contributed by atoms with Gasteiger partial charge in [-0.15, -0.1) is 0 Å². The molecule has 1 aromatic heterocycles. The number of methoxy groups -OCH3 is 1. The average molecular weight is 212 g/mol. The molecule has 0 aliphatic heterocycles. The summed E-state index contributed by atoms with van der Waals surface area (Å²) in [6.07, 6.45) is 3.02. The SMILES string of the molecule is COCC(C)(C)C(Cn1cncn1)=NO. The highest BCUT2D eigenvalue weighted by Gasteiger charge is 2.26. The fourth-order valence-corrected chi connectivity index (χ4v) is 1.29.